The molecule has 0 fully saturated rings. The molecule has 3 aromatic carbocycles. The quantitative estimate of drug-likeness (QED) is 0.284. The second-order valence-electron chi connectivity index (χ2n) is 9.10. The molecule has 6 N–H and O–H groups in total. The number of rotatable bonds is 7. The Bertz CT molecular complexity index is 1620. The van der Waals surface area contributed by atoms with Crippen LogP contribution in [0.2, 0.25) is 0 Å². The van der Waals surface area contributed by atoms with Crippen LogP contribution < -0.4 is 21.7 Å². The van der Waals surface area contributed by atoms with Crippen molar-refractivity contribution in [1.82, 2.24) is 10.3 Å². The van der Waals surface area contributed by atoms with E-state index in [-0.39, 0.29) is 5.91 Å². The van der Waals surface area contributed by atoms with Gasteiger partial charge in [-0.2, -0.15) is 0 Å². The van der Waals surface area contributed by atoms with Gasteiger partial charge in [0, 0.05) is 42.0 Å². The van der Waals surface area contributed by atoms with E-state index in [1.807, 2.05) is 78.0 Å². The molecule has 1 atom stereocenters. The van der Waals surface area contributed by atoms with E-state index in [0.717, 1.165) is 44.6 Å². The van der Waals surface area contributed by atoms with Crippen molar-refractivity contribution in [2.75, 3.05) is 4.90 Å². The third kappa shape index (κ3) is 4.52. The van der Waals surface area contributed by atoms with Crippen molar-refractivity contribution in [3.05, 3.63) is 89.0 Å². The minimum Gasteiger partial charge on any atom is -0.367 e. The van der Waals surface area contributed by atoms with Crippen LogP contribution >= 0.6 is 11.8 Å². The van der Waals surface area contributed by atoms with Crippen molar-refractivity contribution in [3.63, 3.8) is 0 Å². The summed E-state index contributed by atoms with van der Waals surface area (Å²) in [6, 6.07) is 19.3. The van der Waals surface area contributed by atoms with Crippen molar-refractivity contribution in [2.45, 2.75) is 25.8 Å². The Hall–Kier alpha value is -4.50. The summed E-state index contributed by atoms with van der Waals surface area (Å²) in [4.78, 5) is 41.2. The van der Waals surface area contributed by atoms with Gasteiger partial charge in [-0.1, -0.05) is 54.2 Å². The molecular weight excluding hydrogens is 498 g/mol. The van der Waals surface area contributed by atoms with Gasteiger partial charge in [0.1, 0.15) is 0 Å². The van der Waals surface area contributed by atoms with E-state index in [9.17, 15) is 14.4 Å². The summed E-state index contributed by atoms with van der Waals surface area (Å²) in [6.45, 7) is 3.86. The second-order valence-corrected chi connectivity index (χ2v) is 10.1. The minimum atomic E-state index is -0.532. The van der Waals surface area contributed by atoms with Crippen molar-refractivity contribution in [1.29, 1.82) is 0 Å². The molecule has 0 radical (unpaired) electrons. The van der Waals surface area contributed by atoms with E-state index < -0.39 is 17.2 Å². The van der Waals surface area contributed by atoms with Gasteiger partial charge in [0.25, 0.3) is 11.8 Å². The number of aromatic amines is 1. The fourth-order valence-corrected chi connectivity index (χ4v) is 5.69. The number of aromatic nitrogens is 1. The number of hydrogen-bond donors (Lipinski definition) is 4. The monoisotopic (exact) mass is 525 g/mol. The molecule has 3 amide bonds. The van der Waals surface area contributed by atoms with Crippen LogP contribution in [0.5, 0.6) is 0 Å². The summed E-state index contributed by atoms with van der Waals surface area (Å²) in [5, 5.41) is 5.04. The molecule has 9 heteroatoms. The maximum Gasteiger partial charge on any atom is 0.251 e. The molecule has 192 valence electrons. The number of nitrogens with one attached hydrogen (secondary N) is 2. The van der Waals surface area contributed by atoms with Crippen LogP contribution in [0.4, 0.5) is 5.69 Å². The number of hydrogen-bond acceptors (Lipinski definition) is 5. The Kier molecular flexibility index (Phi) is 6.69. The zero-order valence-electron chi connectivity index (χ0n) is 20.9. The maximum absolute atomic E-state index is 12.3. The van der Waals surface area contributed by atoms with Gasteiger partial charge in [0.2, 0.25) is 5.91 Å². The largest absolute Gasteiger partial charge is 0.367 e. The van der Waals surface area contributed by atoms with Gasteiger partial charge in [-0.15, -0.1) is 0 Å². The van der Waals surface area contributed by atoms with Gasteiger partial charge >= 0.3 is 0 Å². The molecule has 0 spiro atoms. The molecule has 0 aliphatic carbocycles. The maximum atomic E-state index is 12.3. The second kappa shape index (κ2) is 10.1. The van der Waals surface area contributed by atoms with Crippen LogP contribution in [0.3, 0.4) is 0 Å². The van der Waals surface area contributed by atoms with Crippen LogP contribution in [0.1, 0.15) is 28.4 Å². The highest BCUT2D eigenvalue weighted by molar-refractivity contribution is 8.03. The van der Waals surface area contributed by atoms with Crippen molar-refractivity contribution in [2.24, 2.45) is 11.5 Å². The van der Waals surface area contributed by atoms with Crippen molar-refractivity contribution < 1.29 is 14.4 Å². The fraction of sp³-hybridized carbons (Fsp3) is 0.138. The number of anilines is 1. The lowest BCUT2D eigenvalue weighted by Crippen LogP contribution is -2.37. The zero-order chi connectivity index (χ0) is 27.0. The molecule has 1 aliphatic rings. The predicted octanol–water partition coefficient (Wildman–Crippen LogP) is 4.38. The van der Waals surface area contributed by atoms with E-state index in [2.05, 4.69) is 10.3 Å². The average molecular weight is 526 g/mol. The number of amides is 3. The normalized spacial score (nSPS) is 14.7. The molecule has 0 saturated carbocycles. The number of carbonyl (C=O) groups is 3. The van der Waals surface area contributed by atoms with Crippen molar-refractivity contribution >= 4 is 46.1 Å². The third-order valence-corrected chi connectivity index (χ3v) is 7.69. The van der Waals surface area contributed by atoms with Gasteiger partial charge in [0.15, 0.2) is 5.37 Å². The van der Waals surface area contributed by atoms with E-state index in [0.29, 0.717) is 17.6 Å². The smallest absolute Gasteiger partial charge is 0.251 e. The van der Waals surface area contributed by atoms with Gasteiger partial charge in [0.05, 0.1) is 11.1 Å². The topological polar surface area (TPSA) is 134 Å². The van der Waals surface area contributed by atoms with Gasteiger partial charge in [-0.3, -0.25) is 14.4 Å². The zero-order valence-corrected chi connectivity index (χ0v) is 21.8. The highest BCUT2D eigenvalue weighted by atomic mass is 32.2. The summed E-state index contributed by atoms with van der Waals surface area (Å²) >= 11 is 1.37. The first-order chi connectivity index (χ1) is 18.3. The SMILES string of the molecule is CC(=O)NCc1ccccc1-c1cc2c(-c3cccc(N4C=CSC4C(N)=O)c3C)ccc(C(N)=O)c2[nH]1. The van der Waals surface area contributed by atoms with Crippen LogP contribution in [0.25, 0.3) is 33.3 Å². The van der Waals surface area contributed by atoms with Gasteiger partial charge in [-0.25, -0.2) is 0 Å². The summed E-state index contributed by atoms with van der Waals surface area (Å²) in [5.41, 5.74) is 18.8. The molecule has 4 aromatic rings. The number of benzene rings is 3. The molecule has 1 aromatic heterocycles. The number of nitrogens with zero attached hydrogens (tertiary/aromatic N) is 1. The number of carbonyl (C=O) groups excluding carboxylic acids is 3. The number of thioether (sulfide) groups is 1. The van der Waals surface area contributed by atoms with Crippen molar-refractivity contribution in [3.8, 4) is 22.4 Å². The Balaban J connectivity index is 1.67. The van der Waals surface area contributed by atoms with E-state index in [1.54, 1.807) is 6.07 Å². The number of primary amides is 2. The molecule has 0 bridgehead atoms. The summed E-state index contributed by atoms with van der Waals surface area (Å²) in [7, 11) is 0. The lowest BCUT2D eigenvalue weighted by molar-refractivity contribution is -0.119. The summed E-state index contributed by atoms with van der Waals surface area (Å²) < 4.78 is 0. The van der Waals surface area contributed by atoms with Crippen LogP contribution in [0.15, 0.2) is 72.3 Å². The Labute approximate surface area is 224 Å². The Morgan fingerprint density at radius 1 is 1.00 bits per heavy atom. The Morgan fingerprint density at radius 2 is 1.76 bits per heavy atom. The number of H-pyrrole nitrogens is 1. The molecule has 8 nitrogen and oxygen atoms in total. The summed E-state index contributed by atoms with van der Waals surface area (Å²) in [5.74, 6) is -1.06. The van der Waals surface area contributed by atoms with Gasteiger partial charge in [-0.05, 0) is 52.8 Å². The van der Waals surface area contributed by atoms with Crippen LogP contribution in [-0.4, -0.2) is 28.1 Å². The molecule has 38 heavy (non-hydrogen) atoms. The molecule has 2 heterocycles. The minimum absolute atomic E-state index is 0.116. The van der Waals surface area contributed by atoms with Crippen LogP contribution in [0, 0.1) is 6.92 Å². The fourth-order valence-electron chi connectivity index (χ4n) is 4.89. The number of fused-ring (bicyclic) bond motifs is 1. The first kappa shape index (κ1) is 25.2. The lowest BCUT2D eigenvalue weighted by Gasteiger charge is -2.25. The van der Waals surface area contributed by atoms with E-state index in [1.165, 1.54) is 18.7 Å². The molecule has 1 aliphatic heterocycles. The predicted molar refractivity (Wildman–Crippen MR) is 152 cm³/mol. The van der Waals surface area contributed by atoms with E-state index in [4.69, 9.17) is 11.5 Å². The first-order valence-electron chi connectivity index (χ1n) is 12.0. The first-order valence-corrected chi connectivity index (χ1v) is 13.0. The Morgan fingerprint density at radius 3 is 2.50 bits per heavy atom. The average Bonchev–Trinajstić information content (AvgIpc) is 3.55. The third-order valence-electron chi connectivity index (χ3n) is 6.69. The van der Waals surface area contributed by atoms with Crippen LogP contribution in [-0.2, 0) is 16.1 Å². The standard InChI is InChI=1S/C29H27N5O3S/c1-16-19(8-5-9-25(16)34-12-13-38-29(34)28(31)37)21-10-11-22(27(30)36)26-23(21)14-24(33-26)20-7-4-3-6-18(20)15-32-17(2)35/h3-14,29,33H,15H2,1-2H3,(H2,30,36)(H2,31,37)(H,32,35). The van der Waals surface area contributed by atoms with E-state index >= 15 is 0 Å². The summed E-state index contributed by atoms with van der Waals surface area (Å²) in [6.07, 6.45) is 1.86. The lowest BCUT2D eigenvalue weighted by atomic mass is 9.94. The highest BCUT2D eigenvalue weighted by Gasteiger charge is 2.28. The molecular formula is C29H27N5O3S. The highest BCUT2D eigenvalue weighted by Crippen LogP contribution is 2.40. The van der Waals surface area contributed by atoms with Gasteiger partial charge < -0.3 is 26.7 Å². The molecule has 5 rings (SSSR count). The number of nitrogens with two attached hydrogens (primary N) is 2. The molecule has 0 saturated heterocycles. The molecule has 1 unspecified atom stereocenters.